The van der Waals surface area contributed by atoms with Gasteiger partial charge in [0, 0.05) is 31.1 Å². The molecular weight excluding hydrogens is 276 g/mol. The number of carbonyl (C=O) groups excluding carboxylic acids is 1. The van der Waals surface area contributed by atoms with Gasteiger partial charge in [-0.1, -0.05) is 17.7 Å². The molecule has 1 heterocycles. The van der Waals surface area contributed by atoms with Crippen molar-refractivity contribution in [2.75, 3.05) is 23.9 Å². The molecule has 0 atom stereocenters. The summed E-state index contributed by atoms with van der Waals surface area (Å²) in [7, 11) is -3.52. The molecule has 1 aliphatic rings. The number of aldehydes is 1. The van der Waals surface area contributed by atoms with Crippen LogP contribution in [0.25, 0.3) is 0 Å². The van der Waals surface area contributed by atoms with Gasteiger partial charge in [0.05, 0.1) is 5.69 Å². The van der Waals surface area contributed by atoms with Crippen molar-refractivity contribution in [3.8, 4) is 0 Å². The Morgan fingerprint density at radius 1 is 1.33 bits per heavy atom. The van der Waals surface area contributed by atoms with Crippen molar-refractivity contribution < 1.29 is 13.2 Å². The van der Waals surface area contributed by atoms with Crippen LogP contribution in [0.3, 0.4) is 0 Å². The van der Waals surface area contributed by atoms with Gasteiger partial charge in [-0.2, -0.15) is 12.7 Å². The molecule has 0 bridgehead atoms. The molecule has 1 fully saturated rings. The molecule has 1 saturated heterocycles. The van der Waals surface area contributed by atoms with Crippen molar-refractivity contribution in [2.24, 2.45) is 0 Å². The van der Waals surface area contributed by atoms with E-state index in [2.05, 4.69) is 0 Å². The third-order valence-electron chi connectivity index (χ3n) is 2.75. The van der Waals surface area contributed by atoms with Crippen LogP contribution in [-0.2, 0) is 15.0 Å². The minimum atomic E-state index is -3.52. The van der Waals surface area contributed by atoms with Crippen LogP contribution in [0.4, 0.5) is 5.69 Å². The zero-order valence-electron chi connectivity index (χ0n) is 9.62. The lowest BCUT2D eigenvalue weighted by atomic mass is 10.3. The first kappa shape index (κ1) is 13.3. The van der Waals surface area contributed by atoms with Gasteiger partial charge in [-0.3, -0.25) is 4.31 Å². The van der Waals surface area contributed by atoms with Crippen LogP contribution in [0.15, 0.2) is 24.3 Å². The molecule has 0 spiro atoms. The number of anilines is 1. The number of benzene rings is 1. The van der Waals surface area contributed by atoms with E-state index in [4.69, 9.17) is 11.6 Å². The average Bonchev–Trinajstić information content (AvgIpc) is 2.61. The molecule has 0 amide bonds. The fourth-order valence-corrected chi connectivity index (χ4v) is 3.69. The van der Waals surface area contributed by atoms with E-state index in [9.17, 15) is 13.2 Å². The Morgan fingerprint density at radius 2 is 2.11 bits per heavy atom. The predicted octanol–water partition coefficient (Wildman–Crippen LogP) is 1.30. The molecule has 2 rings (SSSR count). The summed E-state index contributed by atoms with van der Waals surface area (Å²) in [6.07, 6.45) is 0.931. The third kappa shape index (κ3) is 2.50. The fourth-order valence-electron chi connectivity index (χ4n) is 1.89. The van der Waals surface area contributed by atoms with Gasteiger partial charge in [-0.15, -0.1) is 0 Å². The molecule has 0 saturated carbocycles. The number of carbonyl (C=O) groups is 1. The Hall–Kier alpha value is -1.11. The maximum Gasteiger partial charge on any atom is 0.304 e. The molecule has 18 heavy (non-hydrogen) atoms. The van der Waals surface area contributed by atoms with Crippen molar-refractivity contribution in [1.29, 1.82) is 0 Å². The van der Waals surface area contributed by atoms with Gasteiger partial charge in [0.1, 0.15) is 6.29 Å². The Labute approximate surface area is 111 Å². The van der Waals surface area contributed by atoms with E-state index < -0.39 is 10.2 Å². The van der Waals surface area contributed by atoms with Gasteiger partial charge in [-0.05, 0) is 18.2 Å². The minimum Gasteiger partial charge on any atom is -0.303 e. The second kappa shape index (κ2) is 5.26. The molecule has 0 radical (unpaired) electrons. The highest BCUT2D eigenvalue weighted by Crippen LogP contribution is 2.27. The number of rotatable bonds is 4. The van der Waals surface area contributed by atoms with Crippen molar-refractivity contribution in [2.45, 2.75) is 6.42 Å². The van der Waals surface area contributed by atoms with E-state index in [1.807, 2.05) is 0 Å². The summed E-state index contributed by atoms with van der Waals surface area (Å²) < 4.78 is 27.0. The van der Waals surface area contributed by atoms with Crippen LogP contribution in [0.2, 0.25) is 5.02 Å². The normalized spacial score (nSPS) is 19.1. The molecule has 0 aromatic heterocycles. The average molecular weight is 289 g/mol. The molecule has 1 aromatic rings. The van der Waals surface area contributed by atoms with E-state index >= 15 is 0 Å². The van der Waals surface area contributed by atoms with E-state index in [-0.39, 0.29) is 13.0 Å². The van der Waals surface area contributed by atoms with Gasteiger partial charge in [0.25, 0.3) is 0 Å². The Bertz CT molecular complexity index is 547. The zero-order chi connectivity index (χ0) is 13.2. The van der Waals surface area contributed by atoms with E-state index in [0.29, 0.717) is 23.8 Å². The van der Waals surface area contributed by atoms with Crippen LogP contribution < -0.4 is 4.31 Å². The third-order valence-corrected chi connectivity index (χ3v) is 4.95. The lowest BCUT2D eigenvalue weighted by Crippen LogP contribution is -2.33. The maximum atomic E-state index is 12.2. The molecule has 1 aromatic carbocycles. The van der Waals surface area contributed by atoms with Gasteiger partial charge in [0.2, 0.25) is 0 Å². The summed E-state index contributed by atoms with van der Waals surface area (Å²) in [4.78, 5) is 10.3. The largest absolute Gasteiger partial charge is 0.304 e. The summed E-state index contributed by atoms with van der Waals surface area (Å²) in [5, 5.41) is 0.494. The van der Waals surface area contributed by atoms with Gasteiger partial charge < -0.3 is 4.79 Å². The van der Waals surface area contributed by atoms with Crippen molar-refractivity contribution in [3.63, 3.8) is 0 Å². The smallest absolute Gasteiger partial charge is 0.303 e. The molecule has 1 aliphatic heterocycles. The van der Waals surface area contributed by atoms with E-state index in [1.54, 1.807) is 24.3 Å². The SMILES string of the molecule is O=CCCN1CCN(c2cccc(Cl)c2)S1(=O)=O. The number of hydrogen-bond donors (Lipinski definition) is 0. The summed E-state index contributed by atoms with van der Waals surface area (Å²) in [6, 6.07) is 6.72. The molecule has 0 aliphatic carbocycles. The molecule has 0 unspecified atom stereocenters. The zero-order valence-corrected chi connectivity index (χ0v) is 11.2. The first-order valence-electron chi connectivity index (χ1n) is 5.53. The molecular formula is C11H13ClN2O3S. The fraction of sp³-hybridized carbons (Fsp3) is 0.364. The Kier molecular flexibility index (Phi) is 3.89. The Morgan fingerprint density at radius 3 is 2.78 bits per heavy atom. The molecule has 7 heteroatoms. The monoisotopic (exact) mass is 288 g/mol. The lowest BCUT2D eigenvalue weighted by Gasteiger charge is -2.19. The Balaban J connectivity index is 2.24. The summed E-state index contributed by atoms with van der Waals surface area (Å²) in [5.74, 6) is 0. The topological polar surface area (TPSA) is 57.7 Å². The predicted molar refractivity (Wildman–Crippen MR) is 70.0 cm³/mol. The van der Waals surface area contributed by atoms with Crippen molar-refractivity contribution in [3.05, 3.63) is 29.3 Å². The van der Waals surface area contributed by atoms with Crippen LogP contribution in [0.1, 0.15) is 6.42 Å². The van der Waals surface area contributed by atoms with Crippen molar-refractivity contribution in [1.82, 2.24) is 4.31 Å². The summed E-state index contributed by atoms with van der Waals surface area (Å²) >= 11 is 5.85. The van der Waals surface area contributed by atoms with Crippen molar-refractivity contribution >= 4 is 33.8 Å². The van der Waals surface area contributed by atoms with Crippen LogP contribution in [-0.4, -0.2) is 38.6 Å². The number of nitrogens with zero attached hydrogens (tertiary/aromatic N) is 2. The second-order valence-corrected chi connectivity index (χ2v) is 6.20. The van der Waals surface area contributed by atoms with Crippen LogP contribution >= 0.6 is 11.6 Å². The standard InChI is InChI=1S/C11H13ClN2O3S/c12-10-3-1-4-11(9-10)14-7-6-13(5-2-8-15)18(14,16)17/h1,3-4,8-9H,2,5-7H2. The van der Waals surface area contributed by atoms with Gasteiger partial charge >= 0.3 is 10.2 Å². The van der Waals surface area contributed by atoms with E-state index in [0.717, 1.165) is 6.29 Å². The molecule has 98 valence electrons. The van der Waals surface area contributed by atoms with Gasteiger partial charge in [0.15, 0.2) is 0 Å². The highest BCUT2D eigenvalue weighted by molar-refractivity contribution is 7.90. The first-order valence-corrected chi connectivity index (χ1v) is 7.30. The minimum absolute atomic E-state index is 0.211. The van der Waals surface area contributed by atoms with Crippen LogP contribution in [0, 0.1) is 0 Å². The molecule has 5 nitrogen and oxygen atoms in total. The quantitative estimate of drug-likeness (QED) is 0.785. The number of halogens is 1. The highest BCUT2D eigenvalue weighted by atomic mass is 35.5. The first-order chi connectivity index (χ1) is 8.55. The van der Waals surface area contributed by atoms with E-state index in [1.165, 1.54) is 8.61 Å². The summed E-state index contributed by atoms with van der Waals surface area (Å²) in [6.45, 7) is 0.993. The second-order valence-electron chi connectivity index (χ2n) is 3.91. The molecule has 0 N–H and O–H groups in total. The summed E-state index contributed by atoms with van der Waals surface area (Å²) in [5.41, 5.74) is 0.552. The highest BCUT2D eigenvalue weighted by Gasteiger charge is 2.36. The van der Waals surface area contributed by atoms with Crippen LogP contribution in [0.5, 0.6) is 0 Å². The maximum absolute atomic E-state index is 12.2. The lowest BCUT2D eigenvalue weighted by molar-refractivity contribution is -0.107. The van der Waals surface area contributed by atoms with Gasteiger partial charge in [-0.25, -0.2) is 0 Å². The number of hydrogen-bond acceptors (Lipinski definition) is 3.